The number of aromatic amines is 1. The van der Waals surface area contributed by atoms with Gasteiger partial charge in [-0.15, -0.1) is 0 Å². The summed E-state index contributed by atoms with van der Waals surface area (Å²) in [5.74, 6) is -0.524. The summed E-state index contributed by atoms with van der Waals surface area (Å²) in [4.78, 5) is 48.5. The lowest BCUT2D eigenvalue weighted by Crippen LogP contribution is -2.22. The molecule has 2 rings (SSSR count). The molecule has 322 valence electrons. The number of imidazole rings is 1. The van der Waals surface area contributed by atoms with E-state index in [0.29, 0.717) is 31.5 Å². The maximum Gasteiger partial charge on any atom is 0.305 e. The van der Waals surface area contributed by atoms with E-state index in [1.807, 2.05) is 0 Å². The normalized spacial score (nSPS) is 12.0. The van der Waals surface area contributed by atoms with Crippen molar-refractivity contribution in [3.05, 3.63) is 16.7 Å². The summed E-state index contributed by atoms with van der Waals surface area (Å²) in [7, 11) is 0. The Bertz CT molecular complexity index is 1310. The van der Waals surface area contributed by atoms with Crippen molar-refractivity contribution in [2.24, 2.45) is 5.92 Å². The molecule has 0 spiro atoms. The molecule has 0 saturated carbocycles. The van der Waals surface area contributed by atoms with Gasteiger partial charge in [0.15, 0.2) is 11.2 Å². The third-order valence-corrected chi connectivity index (χ3v) is 11.2. The Hall–Kier alpha value is -2.91. The molecule has 3 N–H and O–H groups in total. The minimum absolute atomic E-state index is 0.0171. The van der Waals surface area contributed by atoms with Crippen LogP contribution in [0.25, 0.3) is 11.2 Å². The van der Waals surface area contributed by atoms with E-state index < -0.39 is 5.56 Å². The first kappa shape index (κ1) is 49.2. The number of esters is 2. The van der Waals surface area contributed by atoms with Crippen LogP contribution in [0.1, 0.15) is 226 Å². The fraction of sp³-hybridized carbons (Fsp3) is 0.848. The van der Waals surface area contributed by atoms with Crippen LogP contribution in [0.2, 0.25) is 0 Å². The molecule has 56 heavy (non-hydrogen) atoms. The number of aromatic nitrogens is 4. The molecule has 0 aromatic carbocycles. The van der Waals surface area contributed by atoms with Crippen LogP contribution in [0.15, 0.2) is 11.1 Å². The van der Waals surface area contributed by atoms with E-state index in [9.17, 15) is 14.4 Å². The van der Waals surface area contributed by atoms with Crippen LogP contribution >= 0.6 is 0 Å². The van der Waals surface area contributed by atoms with Gasteiger partial charge in [-0.1, -0.05) is 194 Å². The molecule has 0 aliphatic heterocycles. The zero-order valence-electron chi connectivity index (χ0n) is 36.1. The Kier molecular flexibility index (Phi) is 30.0. The number of H-pyrrole nitrogens is 1. The third-order valence-electron chi connectivity index (χ3n) is 11.2. The van der Waals surface area contributed by atoms with E-state index in [1.54, 1.807) is 10.9 Å². The lowest BCUT2D eigenvalue weighted by atomic mass is 10.0. The molecule has 10 heteroatoms. The molecule has 2 aromatic rings. The van der Waals surface area contributed by atoms with Gasteiger partial charge in [0.25, 0.3) is 5.56 Å². The highest BCUT2D eigenvalue weighted by Crippen LogP contribution is 2.18. The Morgan fingerprint density at radius 2 is 1.02 bits per heavy atom. The zero-order chi connectivity index (χ0) is 40.3. The zero-order valence-corrected chi connectivity index (χ0v) is 36.1. The minimum Gasteiger partial charge on any atom is -0.466 e. The Balaban J connectivity index is 1.60. The lowest BCUT2D eigenvalue weighted by Gasteiger charge is -2.18. The number of ether oxygens (including phenoxy) is 2. The van der Waals surface area contributed by atoms with Gasteiger partial charge < -0.3 is 19.8 Å². The number of hydrogen-bond donors (Lipinski definition) is 2. The summed E-state index contributed by atoms with van der Waals surface area (Å²) in [6.45, 7) is 5.36. The van der Waals surface area contributed by atoms with E-state index in [-0.39, 0.29) is 42.5 Å². The van der Waals surface area contributed by atoms with Gasteiger partial charge in [-0.3, -0.25) is 19.4 Å². The second-order valence-corrected chi connectivity index (χ2v) is 16.5. The number of anilines is 1. The fourth-order valence-corrected chi connectivity index (χ4v) is 7.59. The average molecular weight is 786 g/mol. The van der Waals surface area contributed by atoms with Crippen molar-refractivity contribution in [2.45, 2.75) is 232 Å². The number of nitrogens with zero attached hydrogens (tertiary/aromatic N) is 3. The van der Waals surface area contributed by atoms with Gasteiger partial charge >= 0.3 is 11.9 Å². The molecular formula is C46H83N5O5. The Morgan fingerprint density at radius 3 is 1.45 bits per heavy atom. The molecule has 2 aromatic heterocycles. The predicted molar refractivity (Wildman–Crippen MR) is 232 cm³/mol. The monoisotopic (exact) mass is 786 g/mol. The van der Waals surface area contributed by atoms with Gasteiger partial charge in [0.1, 0.15) is 0 Å². The highest BCUT2D eigenvalue weighted by Gasteiger charge is 2.18. The Labute approximate surface area is 340 Å². The lowest BCUT2D eigenvalue weighted by molar-refractivity contribution is -0.148. The first-order valence-electron chi connectivity index (χ1n) is 23.5. The Morgan fingerprint density at radius 1 is 0.625 bits per heavy atom. The SMILES string of the molecule is CCCCCCCCCCCCCCCCCC(=O)OCCC(COC(=O)CCCCCCCCCCCCCCCCC)Cn1cnc2c(=O)[nH]c(N)nc21. The summed E-state index contributed by atoms with van der Waals surface area (Å²) < 4.78 is 13.1. The van der Waals surface area contributed by atoms with Crippen LogP contribution < -0.4 is 11.3 Å². The van der Waals surface area contributed by atoms with Gasteiger partial charge in [0.2, 0.25) is 5.95 Å². The average Bonchev–Trinajstić information content (AvgIpc) is 3.59. The number of fused-ring (bicyclic) bond motifs is 1. The molecule has 0 aliphatic carbocycles. The standard InChI is InChI=1S/C46H83N5O5/c1-3-5-7-9-11-13-15-17-19-21-23-25-27-29-31-33-41(52)55-36-35-40(37-51-39-48-43-44(51)49-46(47)50-45(43)54)38-56-42(53)34-32-30-28-26-24-22-20-18-16-14-12-10-8-6-4-2/h39-40H,3-38H2,1-2H3,(H3,47,49,50,54). The fourth-order valence-electron chi connectivity index (χ4n) is 7.59. The maximum absolute atomic E-state index is 12.7. The molecule has 10 nitrogen and oxygen atoms in total. The highest BCUT2D eigenvalue weighted by molar-refractivity contribution is 5.71. The van der Waals surface area contributed by atoms with Crippen LogP contribution in [0, 0.1) is 5.92 Å². The van der Waals surface area contributed by atoms with Gasteiger partial charge in [-0.25, -0.2) is 4.98 Å². The van der Waals surface area contributed by atoms with Crippen molar-refractivity contribution in [1.82, 2.24) is 19.5 Å². The van der Waals surface area contributed by atoms with Crippen LogP contribution in [0.5, 0.6) is 0 Å². The number of hydrogen-bond acceptors (Lipinski definition) is 8. The molecule has 0 fully saturated rings. The van der Waals surface area contributed by atoms with Gasteiger partial charge in [0.05, 0.1) is 19.5 Å². The number of nitrogens with two attached hydrogens (primary N) is 1. The first-order valence-corrected chi connectivity index (χ1v) is 23.5. The van der Waals surface area contributed by atoms with Crippen LogP contribution in [-0.2, 0) is 25.6 Å². The number of rotatable bonds is 39. The van der Waals surface area contributed by atoms with Crippen LogP contribution in [-0.4, -0.2) is 44.7 Å². The quantitative estimate of drug-likeness (QED) is 0.0504. The predicted octanol–water partition coefficient (Wildman–Crippen LogP) is 12.3. The second kappa shape index (κ2) is 34.2. The van der Waals surface area contributed by atoms with Gasteiger partial charge in [-0.05, 0) is 19.3 Å². The minimum atomic E-state index is -0.398. The van der Waals surface area contributed by atoms with Crippen molar-refractivity contribution in [3.8, 4) is 0 Å². The molecule has 0 aliphatic rings. The maximum atomic E-state index is 12.7. The summed E-state index contributed by atoms with van der Waals surface area (Å²) in [6, 6.07) is 0. The summed E-state index contributed by atoms with van der Waals surface area (Å²) >= 11 is 0. The molecule has 0 bridgehead atoms. The van der Waals surface area contributed by atoms with Crippen molar-refractivity contribution >= 4 is 29.1 Å². The molecule has 0 saturated heterocycles. The number of carbonyl (C=O) groups excluding carboxylic acids is 2. The molecular weight excluding hydrogens is 703 g/mol. The number of unbranched alkanes of at least 4 members (excludes halogenated alkanes) is 28. The van der Waals surface area contributed by atoms with Gasteiger partial charge in [0, 0.05) is 25.3 Å². The summed E-state index contributed by atoms with van der Waals surface area (Å²) in [6.07, 6.45) is 41.4. The third kappa shape index (κ3) is 25.4. The van der Waals surface area contributed by atoms with Crippen molar-refractivity contribution in [1.29, 1.82) is 0 Å². The molecule has 0 radical (unpaired) electrons. The largest absolute Gasteiger partial charge is 0.466 e. The summed E-state index contributed by atoms with van der Waals surface area (Å²) in [5, 5.41) is 0. The first-order chi connectivity index (χ1) is 27.4. The highest BCUT2D eigenvalue weighted by atomic mass is 16.5. The summed E-state index contributed by atoms with van der Waals surface area (Å²) in [5.41, 5.74) is 5.99. The molecule has 0 amide bonds. The molecule has 2 heterocycles. The van der Waals surface area contributed by atoms with E-state index in [1.165, 1.54) is 154 Å². The van der Waals surface area contributed by atoms with Crippen molar-refractivity contribution in [3.63, 3.8) is 0 Å². The molecule has 1 unspecified atom stereocenters. The van der Waals surface area contributed by atoms with Crippen molar-refractivity contribution in [2.75, 3.05) is 18.9 Å². The number of nitrogens with one attached hydrogen (secondary N) is 1. The van der Waals surface area contributed by atoms with E-state index >= 15 is 0 Å². The number of nitrogen functional groups attached to an aromatic ring is 1. The second-order valence-electron chi connectivity index (χ2n) is 16.5. The van der Waals surface area contributed by atoms with Gasteiger partial charge in [-0.2, -0.15) is 4.98 Å². The van der Waals surface area contributed by atoms with E-state index in [4.69, 9.17) is 15.2 Å². The van der Waals surface area contributed by atoms with Crippen LogP contribution in [0.4, 0.5) is 5.95 Å². The van der Waals surface area contributed by atoms with E-state index in [0.717, 1.165) is 38.5 Å². The number of carbonyl (C=O) groups is 2. The molecule has 1 atom stereocenters. The smallest absolute Gasteiger partial charge is 0.305 e. The van der Waals surface area contributed by atoms with Crippen molar-refractivity contribution < 1.29 is 19.1 Å². The topological polar surface area (TPSA) is 142 Å². The van der Waals surface area contributed by atoms with Crippen LogP contribution in [0.3, 0.4) is 0 Å². The van der Waals surface area contributed by atoms with E-state index in [2.05, 4.69) is 28.8 Å².